The molecule has 0 aliphatic heterocycles. The van der Waals surface area contributed by atoms with Gasteiger partial charge in [0, 0.05) is 11.4 Å². The molecule has 0 saturated heterocycles. The number of nitrogens with two attached hydrogens (primary N) is 1. The van der Waals surface area contributed by atoms with E-state index >= 15 is 0 Å². The van der Waals surface area contributed by atoms with Crippen LogP contribution in [-0.4, -0.2) is 0 Å². The van der Waals surface area contributed by atoms with Gasteiger partial charge in [-0.2, -0.15) is 0 Å². The number of aryl methyl sites for hydroxylation is 1. The molecule has 0 atom stereocenters. The fourth-order valence-corrected chi connectivity index (χ4v) is 2.71. The van der Waals surface area contributed by atoms with Crippen molar-refractivity contribution in [3.8, 4) is 0 Å². The van der Waals surface area contributed by atoms with E-state index in [4.69, 9.17) is 10.2 Å². The molecule has 2 heterocycles. The molecule has 0 unspecified atom stereocenters. The molecule has 0 amide bonds. The average molecular weight is 250 g/mol. The van der Waals surface area contributed by atoms with Gasteiger partial charge in [0.15, 0.2) is 0 Å². The van der Waals surface area contributed by atoms with E-state index in [1.807, 2.05) is 12.1 Å². The molecule has 3 nitrogen and oxygen atoms in total. The summed E-state index contributed by atoms with van der Waals surface area (Å²) in [6, 6.07) is 6.10. The summed E-state index contributed by atoms with van der Waals surface area (Å²) in [5.74, 6) is 1.78. The van der Waals surface area contributed by atoms with Crippen molar-refractivity contribution in [3.05, 3.63) is 45.5 Å². The Hall–Kier alpha value is -1.10. The molecule has 2 aromatic rings. The Labute approximate surface area is 106 Å². The van der Waals surface area contributed by atoms with Gasteiger partial charge in [-0.05, 0) is 35.6 Å². The number of thiophene rings is 1. The Kier molecular flexibility index (Phi) is 4.36. The van der Waals surface area contributed by atoms with Crippen LogP contribution in [0.25, 0.3) is 0 Å². The summed E-state index contributed by atoms with van der Waals surface area (Å²) in [6.45, 7) is 4.30. The van der Waals surface area contributed by atoms with Crippen LogP contribution < -0.4 is 11.1 Å². The molecule has 4 heteroatoms. The second kappa shape index (κ2) is 6.00. The molecule has 0 bridgehead atoms. The molecule has 0 aliphatic carbocycles. The monoisotopic (exact) mass is 250 g/mol. The van der Waals surface area contributed by atoms with E-state index in [2.05, 4.69) is 23.7 Å². The first-order valence-corrected chi connectivity index (χ1v) is 6.75. The largest absolute Gasteiger partial charge is 0.463 e. The van der Waals surface area contributed by atoms with E-state index in [0.717, 1.165) is 31.0 Å². The molecule has 0 saturated carbocycles. The summed E-state index contributed by atoms with van der Waals surface area (Å²) in [5, 5.41) is 5.54. The Morgan fingerprint density at radius 3 is 2.76 bits per heavy atom. The first-order chi connectivity index (χ1) is 8.33. The summed E-state index contributed by atoms with van der Waals surface area (Å²) < 4.78 is 5.52. The van der Waals surface area contributed by atoms with Crippen LogP contribution in [0, 0.1) is 0 Å². The van der Waals surface area contributed by atoms with Crippen LogP contribution in [0.2, 0.25) is 0 Å². The van der Waals surface area contributed by atoms with Crippen molar-refractivity contribution >= 4 is 11.3 Å². The third-order valence-electron chi connectivity index (χ3n) is 2.72. The third kappa shape index (κ3) is 3.19. The van der Waals surface area contributed by atoms with Crippen LogP contribution in [-0.2, 0) is 26.1 Å². The Morgan fingerprint density at radius 1 is 1.24 bits per heavy atom. The van der Waals surface area contributed by atoms with Crippen molar-refractivity contribution in [2.45, 2.75) is 33.0 Å². The SMILES string of the molecule is CCc1ccsc1CNCc1ccc(CN)o1. The molecule has 2 rings (SSSR count). The summed E-state index contributed by atoms with van der Waals surface area (Å²) in [4.78, 5) is 1.41. The molecule has 0 radical (unpaired) electrons. The summed E-state index contributed by atoms with van der Waals surface area (Å²) in [7, 11) is 0. The normalized spacial score (nSPS) is 10.9. The highest BCUT2D eigenvalue weighted by atomic mass is 32.1. The van der Waals surface area contributed by atoms with Crippen molar-refractivity contribution in [1.29, 1.82) is 0 Å². The van der Waals surface area contributed by atoms with Gasteiger partial charge in [0.05, 0.1) is 13.1 Å². The molecular weight excluding hydrogens is 232 g/mol. The molecule has 3 N–H and O–H groups in total. The van der Waals surface area contributed by atoms with E-state index in [1.54, 1.807) is 11.3 Å². The minimum Gasteiger partial charge on any atom is -0.463 e. The lowest BCUT2D eigenvalue weighted by molar-refractivity contribution is 0.448. The number of rotatable bonds is 6. The lowest BCUT2D eigenvalue weighted by Gasteiger charge is -2.03. The van der Waals surface area contributed by atoms with Gasteiger partial charge in [0.2, 0.25) is 0 Å². The van der Waals surface area contributed by atoms with Crippen LogP contribution in [0.5, 0.6) is 0 Å². The fraction of sp³-hybridized carbons (Fsp3) is 0.385. The topological polar surface area (TPSA) is 51.2 Å². The molecule has 0 fully saturated rings. The van der Waals surface area contributed by atoms with Gasteiger partial charge in [0.1, 0.15) is 11.5 Å². The molecule has 0 aromatic carbocycles. The lowest BCUT2D eigenvalue weighted by Crippen LogP contribution is -2.12. The van der Waals surface area contributed by atoms with Crippen molar-refractivity contribution < 1.29 is 4.42 Å². The Morgan fingerprint density at radius 2 is 2.06 bits per heavy atom. The zero-order valence-electron chi connectivity index (χ0n) is 10.0. The van der Waals surface area contributed by atoms with Gasteiger partial charge < -0.3 is 15.5 Å². The van der Waals surface area contributed by atoms with Gasteiger partial charge in [-0.25, -0.2) is 0 Å². The van der Waals surface area contributed by atoms with Gasteiger partial charge >= 0.3 is 0 Å². The second-order valence-electron chi connectivity index (χ2n) is 3.90. The quantitative estimate of drug-likeness (QED) is 0.828. The van der Waals surface area contributed by atoms with Crippen LogP contribution in [0.1, 0.15) is 28.9 Å². The van der Waals surface area contributed by atoms with Crippen LogP contribution in [0.4, 0.5) is 0 Å². The Bertz CT molecular complexity index is 461. The lowest BCUT2D eigenvalue weighted by atomic mass is 10.2. The van der Waals surface area contributed by atoms with Crippen LogP contribution in [0.15, 0.2) is 28.0 Å². The highest BCUT2D eigenvalue weighted by Gasteiger charge is 2.03. The number of furan rings is 1. The standard InChI is InChI=1S/C13H18N2OS/c1-2-10-5-6-17-13(10)9-15-8-12-4-3-11(7-14)16-12/h3-6,15H,2,7-9,14H2,1H3. The summed E-state index contributed by atoms with van der Waals surface area (Å²) in [5.41, 5.74) is 6.93. The van der Waals surface area contributed by atoms with Crippen molar-refractivity contribution in [2.75, 3.05) is 0 Å². The minimum atomic E-state index is 0.463. The maximum Gasteiger partial charge on any atom is 0.118 e. The van der Waals surface area contributed by atoms with Crippen LogP contribution >= 0.6 is 11.3 Å². The molecule has 92 valence electrons. The highest BCUT2D eigenvalue weighted by molar-refractivity contribution is 7.10. The van der Waals surface area contributed by atoms with E-state index < -0.39 is 0 Å². The fourth-order valence-electron chi connectivity index (χ4n) is 1.76. The zero-order valence-corrected chi connectivity index (χ0v) is 10.8. The third-order valence-corrected chi connectivity index (χ3v) is 3.69. The number of hydrogen-bond donors (Lipinski definition) is 2. The van der Waals surface area contributed by atoms with Crippen LogP contribution in [0.3, 0.4) is 0 Å². The van der Waals surface area contributed by atoms with E-state index in [1.165, 1.54) is 10.4 Å². The number of hydrogen-bond acceptors (Lipinski definition) is 4. The van der Waals surface area contributed by atoms with E-state index in [0.29, 0.717) is 6.54 Å². The molecule has 2 aromatic heterocycles. The van der Waals surface area contributed by atoms with Crippen molar-refractivity contribution in [1.82, 2.24) is 5.32 Å². The predicted octanol–water partition coefficient (Wildman–Crippen LogP) is 2.65. The smallest absolute Gasteiger partial charge is 0.118 e. The minimum absolute atomic E-state index is 0.463. The van der Waals surface area contributed by atoms with Crippen molar-refractivity contribution in [2.24, 2.45) is 5.73 Å². The second-order valence-corrected chi connectivity index (χ2v) is 4.90. The average Bonchev–Trinajstić information content (AvgIpc) is 2.97. The molecular formula is C13H18N2OS. The van der Waals surface area contributed by atoms with Crippen molar-refractivity contribution in [3.63, 3.8) is 0 Å². The van der Waals surface area contributed by atoms with Gasteiger partial charge in [-0.1, -0.05) is 6.92 Å². The zero-order chi connectivity index (χ0) is 12.1. The maximum atomic E-state index is 5.52. The maximum absolute atomic E-state index is 5.52. The van der Waals surface area contributed by atoms with Gasteiger partial charge in [0.25, 0.3) is 0 Å². The predicted molar refractivity (Wildman–Crippen MR) is 70.8 cm³/mol. The molecule has 0 spiro atoms. The Balaban J connectivity index is 1.83. The van der Waals surface area contributed by atoms with E-state index in [-0.39, 0.29) is 0 Å². The summed E-state index contributed by atoms with van der Waals surface area (Å²) >= 11 is 1.81. The first-order valence-electron chi connectivity index (χ1n) is 5.87. The molecule has 0 aliphatic rings. The summed E-state index contributed by atoms with van der Waals surface area (Å²) in [6.07, 6.45) is 1.10. The van der Waals surface area contributed by atoms with Gasteiger partial charge in [-0.15, -0.1) is 11.3 Å². The number of nitrogens with one attached hydrogen (secondary N) is 1. The van der Waals surface area contributed by atoms with Gasteiger partial charge in [-0.3, -0.25) is 0 Å². The van der Waals surface area contributed by atoms with E-state index in [9.17, 15) is 0 Å². The molecule has 17 heavy (non-hydrogen) atoms. The first kappa shape index (κ1) is 12.4. The highest BCUT2D eigenvalue weighted by Crippen LogP contribution is 2.17.